The lowest BCUT2D eigenvalue weighted by molar-refractivity contribution is 0.112. The molecule has 0 amide bonds. The van der Waals surface area contributed by atoms with Gasteiger partial charge < -0.3 is 5.73 Å². The molecule has 0 aliphatic heterocycles. The highest BCUT2D eigenvalue weighted by molar-refractivity contribution is 5.83. The minimum Gasteiger partial charge on any atom is -0.398 e. The van der Waals surface area contributed by atoms with Crippen LogP contribution in [0.2, 0.25) is 0 Å². The van der Waals surface area contributed by atoms with Crippen molar-refractivity contribution in [3.8, 4) is 6.07 Å². The second-order valence-electron chi connectivity index (χ2n) is 3.70. The molecule has 3 nitrogen and oxygen atoms in total. The van der Waals surface area contributed by atoms with Crippen molar-refractivity contribution in [1.29, 1.82) is 5.26 Å². The molecule has 1 rings (SSSR count). The van der Waals surface area contributed by atoms with E-state index in [1.165, 1.54) is 0 Å². The summed E-state index contributed by atoms with van der Waals surface area (Å²) in [5.74, 6) is 0. The SMILES string of the molecule is CC(C)(C#N)c1ccc(C=O)c(N)c1. The molecule has 72 valence electrons. The normalized spacial score (nSPS) is 10.6. The van der Waals surface area contributed by atoms with Crippen molar-refractivity contribution < 1.29 is 4.79 Å². The fraction of sp³-hybridized carbons (Fsp3) is 0.273. The second kappa shape index (κ2) is 3.51. The average Bonchev–Trinajstić information content (AvgIpc) is 2.17. The van der Waals surface area contributed by atoms with Gasteiger partial charge in [0.25, 0.3) is 0 Å². The van der Waals surface area contributed by atoms with Gasteiger partial charge in [0.2, 0.25) is 0 Å². The van der Waals surface area contributed by atoms with Crippen LogP contribution in [0.5, 0.6) is 0 Å². The fourth-order valence-electron chi connectivity index (χ4n) is 1.14. The van der Waals surface area contributed by atoms with Crippen LogP contribution < -0.4 is 5.73 Å². The van der Waals surface area contributed by atoms with E-state index in [1.54, 1.807) is 18.2 Å². The molecule has 0 heterocycles. The average molecular weight is 188 g/mol. The number of carbonyl (C=O) groups is 1. The molecule has 1 aromatic carbocycles. The van der Waals surface area contributed by atoms with Crippen LogP contribution in [0.4, 0.5) is 5.69 Å². The first-order valence-electron chi connectivity index (χ1n) is 4.27. The molecule has 0 atom stereocenters. The highest BCUT2D eigenvalue weighted by Crippen LogP contribution is 2.25. The summed E-state index contributed by atoms with van der Waals surface area (Å²) in [5.41, 5.74) is 6.77. The molecule has 3 heteroatoms. The van der Waals surface area contributed by atoms with Crippen LogP contribution in [0.25, 0.3) is 0 Å². The van der Waals surface area contributed by atoms with Gasteiger partial charge in [-0.2, -0.15) is 5.26 Å². The lowest BCUT2D eigenvalue weighted by atomic mass is 9.85. The van der Waals surface area contributed by atoms with Gasteiger partial charge >= 0.3 is 0 Å². The quantitative estimate of drug-likeness (QED) is 0.569. The number of nitrogens with zero attached hydrogens (tertiary/aromatic N) is 1. The van der Waals surface area contributed by atoms with Crippen molar-refractivity contribution in [3.05, 3.63) is 29.3 Å². The number of nitrogen functional groups attached to an aromatic ring is 1. The van der Waals surface area contributed by atoms with E-state index < -0.39 is 5.41 Å². The lowest BCUT2D eigenvalue weighted by Crippen LogP contribution is -2.14. The zero-order chi connectivity index (χ0) is 10.8. The van der Waals surface area contributed by atoms with Gasteiger partial charge in [0.1, 0.15) is 0 Å². The molecule has 0 fully saturated rings. The van der Waals surface area contributed by atoms with Crippen LogP contribution in [0.1, 0.15) is 29.8 Å². The van der Waals surface area contributed by atoms with E-state index in [-0.39, 0.29) is 0 Å². The van der Waals surface area contributed by atoms with Crippen molar-refractivity contribution in [2.24, 2.45) is 0 Å². The van der Waals surface area contributed by atoms with Crippen molar-refractivity contribution in [3.63, 3.8) is 0 Å². The molecule has 1 aromatic rings. The maximum atomic E-state index is 10.5. The number of benzene rings is 1. The summed E-state index contributed by atoms with van der Waals surface area (Å²) in [6.07, 6.45) is 0.707. The van der Waals surface area contributed by atoms with Gasteiger partial charge in [0.15, 0.2) is 6.29 Å². The Morgan fingerprint density at radius 3 is 2.57 bits per heavy atom. The minimum absolute atomic E-state index is 0.417. The van der Waals surface area contributed by atoms with Crippen LogP contribution in [-0.4, -0.2) is 6.29 Å². The number of nitriles is 1. The predicted octanol–water partition coefficient (Wildman–Crippen LogP) is 1.88. The van der Waals surface area contributed by atoms with Crippen molar-refractivity contribution >= 4 is 12.0 Å². The van der Waals surface area contributed by atoms with Crippen LogP contribution in [0.15, 0.2) is 18.2 Å². The third kappa shape index (κ3) is 1.74. The summed E-state index contributed by atoms with van der Waals surface area (Å²) < 4.78 is 0. The number of anilines is 1. The maximum Gasteiger partial charge on any atom is 0.152 e. The van der Waals surface area contributed by atoms with Crippen LogP contribution in [-0.2, 0) is 5.41 Å². The molecule has 0 aliphatic rings. The molecular weight excluding hydrogens is 176 g/mol. The Morgan fingerprint density at radius 1 is 1.50 bits per heavy atom. The molecule has 0 unspecified atom stereocenters. The first-order chi connectivity index (χ1) is 6.51. The molecular formula is C11H12N2O. The molecule has 0 spiro atoms. The van der Waals surface area contributed by atoms with E-state index in [2.05, 4.69) is 6.07 Å². The van der Waals surface area contributed by atoms with E-state index >= 15 is 0 Å². The van der Waals surface area contributed by atoms with Gasteiger partial charge in [-0.15, -0.1) is 0 Å². The molecule has 0 radical (unpaired) electrons. The van der Waals surface area contributed by atoms with Gasteiger partial charge in [0.05, 0.1) is 11.5 Å². The number of nitrogens with two attached hydrogens (primary N) is 1. The van der Waals surface area contributed by atoms with E-state index in [0.717, 1.165) is 5.56 Å². The van der Waals surface area contributed by atoms with Gasteiger partial charge in [-0.3, -0.25) is 4.79 Å². The first kappa shape index (κ1) is 10.3. The summed E-state index contributed by atoms with van der Waals surface area (Å²) in [4.78, 5) is 10.5. The van der Waals surface area contributed by atoms with Crippen molar-refractivity contribution in [2.45, 2.75) is 19.3 Å². The van der Waals surface area contributed by atoms with Gasteiger partial charge in [0, 0.05) is 11.3 Å². The van der Waals surface area contributed by atoms with Crippen molar-refractivity contribution in [2.75, 3.05) is 5.73 Å². The smallest absolute Gasteiger partial charge is 0.152 e. The number of rotatable bonds is 2. The largest absolute Gasteiger partial charge is 0.398 e. The third-order valence-corrected chi connectivity index (χ3v) is 2.21. The monoisotopic (exact) mass is 188 g/mol. The third-order valence-electron chi connectivity index (χ3n) is 2.21. The molecule has 0 saturated heterocycles. The predicted molar refractivity (Wildman–Crippen MR) is 54.9 cm³/mol. The molecule has 2 N–H and O–H groups in total. The van der Waals surface area contributed by atoms with Crippen LogP contribution >= 0.6 is 0 Å². The van der Waals surface area contributed by atoms with E-state index in [4.69, 9.17) is 11.0 Å². The van der Waals surface area contributed by atoms with E-state index in [1.807, 2.05) is 13.8 Å². The topological polar surface area (TPSA) is 66.9 Å². The lowest BCUT2D eigenvalue weighted by Gasteiger charge is -2.16. The van der Waals surface area contributed by atoms with Gasteiger partial charge in [-0.1, -0.05) is 6.07 Å². The molecule has 0 saturated carbocycles. The van der Waals surface area contributed by atoms with E-state index in [9.17, 15) is 4.79 Å². The number of aldehydes is 1. The Kier molecular flexibility index (Phi) is 2.57. The van der Waals surface area contributed by atoms with Crippen LogP contribution in [0, 0.1) is 11.3 Å². The number of carbonyl (C=O) groups excluding carboxylic acids is 1. The zero-order valence-corrected chi connectivity index (χ0v) is 8.24. The summed E-state index contributed by atoms with van der Waals surface area (Å²) in [6, 6.07) is 7.24. The van der Waals surface area contributed by atoms with Crippen molar-refractivity contribution in [1.82, 2.24) is 0 Å². The van der Waals surface area contributed by atoms with E-state index in [0.29, 0.717) is 17.5 Å². The Bertz CT molecular complexity index is 402. The number of hydrogen-bond donors (Lipinski definition) is 1. The minimum atomic E-state index is -0.574. The standard InChI is InChI=1S/C11H12N2O/c1-11(2,7-12)9-4-3-8(6-14)10(13)5-9/h3-6H,13H2,1-2H3. The molecule has 0 aromatic heterocycles. The maximum absolute atomic E-state index is 10.5. The van der Waals surface area contributed by atoms with Gasteiger partial charge in [-0.25, -0.2) is 0 Å². The highest BCUT2D eigenvalue weighted by Gasteiger charge is 2.20. The fourth-order valence-corrected chi connectivity index (χ4v) is 1.14. The number of hydrogen-bond acceptors (Lipinski definition) is 3. The second-order valence-corrected chi connectivity index (χ2v) is 3.70. The highest BCUT2D eigenvalue weighted by atomic mass is 16.1. The Hall–Kier alpha value is -1.82. The van der Waals surface area contributed by atoms with Gasteiger partial charge in [-0.05, 0) is 31.5 Å². The first-order valence-corrected chi connectivity index (χ1v) is 4.27. The Balaban J connectivity index is 3.23. The zero-order valence-electron chi connectivity index (χ0n) is 8.24. The summed E-state index contributed by atoms with van der Waals surface area (Å²) in [5, 5.41) is 8.90. The Morgan fingerprint density at radius 2 is 2.14 bits per heavy atom. The molecule has 14 heavy (non-hydrogen) atoms. The summed E-state index contributed by atoms with van der Waals surface area (Å²) in [7, 11) is 0. The molecule has 0 bridgehead atoms. The van der Waals surface area contributed by atoms with Crippen LogP contribution in [0.3, 0.4) is 0 Å². The molecule has 0 aliphatic carbocycles. The summed E-state index contributed by atoms with van der Waals surface area (Å²) >= 11 is 0. The summed E-state index contributed by atoms with van der Waals surface area (Å²) in [6.45, 7) is 3.62. The Labute approximate surface area is 83.2 Å².